The number of aromatic nitrogens is 5. The standard InChI is InChI=1S/C24H22NSi.C23H26NSi.C22H26NSi.C21H24NSi.C16H17N2Si.5Ir/c1-26(2,3)24-17-25-23(16-22(24)19-10-5-4-6-11-19)21-15-9-13-18-12-7-8-14-20(18)21;1-25(2,3)23-16-24-22(15-21(23)18-10-4-5-11-18)20-14-8-12-17-9-6-7-13-19(17)20;1-16(2)13-18-14-21(23-15-22(18)24(3,4)5)20-12-8-10-17-9-6-7-11-19(17)20;1-15(2)21-20(23(3,4)5)14-13-19(22-21)18-12-8-10-16-9-6-7-11-17(16)18;1-12-9-15(18-11-16(12)19(2,3)4)14-7-5-13(10-17)6-8-14;;;;;/h4-14,16-17H,1-3H3;6-9,12-13,15-16,18H,4-5,10-11H2,1-3H3;6-11,14-16H,13H2,1-5H3;6-11,13-15H,1-5H3;5-7,9,11H,1-4H3;;;;;/q5*-1;;;;;. The van der Waals surface area contributed by atoms with Crippen LogP contribution in [0.5, 0.6) is 0 Å². The maximum atomic E-state index is 8.79. The summed E-state index contributed by atoms with van der Waals surface area (Å²) in [6.45, 7) is 47.0. The molecule has 0 atom stereocenters. The first kappa shape index (κ1) is 102. The monoisotopic (exact) mass is 2580 g/mol. The molecule has 5 radical (unpaired) electrons. The van der Waals surface area contributed by atoms with Crippen molar-refractivity contribution in [1.29, 1.82) is 5.26 Å². The Labute approximate surface area is 801 Å². The fourth-order valence-electron chi connectivity index (χ4n) is 16.1. The first-order chi connectivity index (χ1) is 55.7. The van der Waals surface area contributed by atoms with Gasteiger partial charge in [0.05, 0.1) is 40.4 Å². The van der Waals surface area contributed by atoms with Gasteiger partial charge >= 0.3 is 0 Å². The molecular weight excluding hydrogens is 2460 g/mol. The fraction of sp³-hybridized carbons (Fsp3) is 0.264. The summed E-state index contributed by atoms with van der Waals surface area (Å²) in [6, 6.07) is 98.9. The summed E-state index contributed by atoms with van der Waals surface area (Å²) in [6.07, 6.45) is 14.9. The summed E-state index contributed by atoms with van der Waals surface area (Å²) < 4.78 is 0. The predicted molar refractivity (Wildman–Crippen MR) is 516 cm³/mol. The van der Waals surface area contributed by atoms with E-state index < -0.39 is 40.4 Å². The minimum Gasteiger partial charge on any atom is -0.305 e. The summed E-state index contributed by atoms with van der Waals surface area (Å²) >= 11 is 0. The van der Waals surface area contributed by atoms with Crippen LogP contribution in [0.25, 0.3) is 111 Å². The zero-order valence-electron chi connectivity index (χ0n) is 74.4. The number of hydrogen-bond acceptors (Lipinski definition) is 6. The zero-order valence-corrected chi connectivity index (χ0v) is 91.3. The van der Waals surface area contributed by atoms with Gasteiger partial charge in [0.25, 0.3) is 0 Å². The molecule has 0 spiro atoms. The molecule has 0 unspecified atom stereocenters. The molecular formula is C106H115Ir5N6Si5-5. The molecule has 1 aliphatic carbocycles. The van der Waals surface area contributed by atoms with Crippen molar-refractivity contribution < 1.29 is 101 Å². The maximum Gasteiger partial charge on any atom is 0.0803 e. The molecule has 5 aromatic heterocycles. The van der Waals surface area contributed by atoms with E-state index in [-0.39, 0.29) is 101 Å². The van der Waals surface area contributed by atoms with Crippen LogP contribution >= 0.6 is 0 Å². The second-order valence-electron chi connectivity index (χ2n) is 37.2. The van der Waals surface area contributed by atoms with Gasteiger partial charge in [-0.2, -0.15) is 0 Å². The van der Waals surface area contributed by atoms with Crippen LogP contribution in [-0.2, 0) is 107 Å². The number of benzene rings is 10. The predicted octanol–water partition coefficient (Wildman–Crippen LogP) is 25.9. The molecule has 122 heavy (non-hydrogen) atoms. The van der Waals surface area contributed by atoms with Crippen molar-refractivity contribution in [3.8, 4) is 73.5 Å². The van der Waals surface area contributed by atoms with E-state index in [0.29, 0.717) is 17.4 Å². The smallest absolute Gasteiger partial charge is 0.0803 e. The van der Waals surface area contributed by atoms with E-state index in [0.717, 1.165) is 68.6 Å². The summed E-state index contributed by atoms with van der Waals surface area (Å²) in [4.78, 5) is 24.2. The summed E-state index contributed by atoms with van der Waals surface area (Å²) in [7, 11) is -7.02. The van der Waals surface area contributed by atoms with Gasteiger partial charge in [-0.1, -0.05) is 341 Å². The van der Waals surface area contributed by atoms with Gasteiger partial charge < -0.3 is 24.9 Å². The van der Waals surface area contributed by atoms with Crippen LogP contribution in [0.1, 0.15) is 93.2 Å². The number of pyridine rings is 5. The van der Waals surface area contributed by atoms with E-state index in [1.165, 1.54) is 117 Å². The van der Waals surface area contributed by atoms with Crippen molar-refractivity contribution in [3.05, 3.63) is 314 Å². The van der Waals surface area contributed by atoms with Crippen LogP contribution in [0.3, 0.4) is 0 Å². The van der Waals surface area contributed by atoms with Crippen molar-refractivity contribution in [2.24, 2.45) is 5.92 Å². The quantitative estimate of drug-likeness (QED) is 0.0751. The summed E-state index contributed by atoms with van der Waals surface area (Å²) in [5.41, 5.74) is 19.2. The molecule has 1 aliphatic rings. The second-order valence-corrected chi connectivity index (χ2v) is 62.4. The molecule has 0 amide bonds. The Hall–Kier alpha value is -7.19. The van der Waals surface area contributed by atoms with Crippen molar-refractivity contribution in [3.63, 3.8) is 0 Å². The second kappa shape index (κ2) is 44.8. The largest absolute Gasteiger partial charge is 0.305 e. The van der Waals surface area contributed by atoms with E-state index in [1.54, 1.807) is 22.9 Å². The van der Waals surface area contributed by atoms with Gasteiger partial charge in [0.2, 0.25) is 0 Å². The molecule has 15 aromatic rings. The molecule has 0 N–H and O–H groups in total. The van der Waals surface area contributed by atoms with Gasteiger partial charge in [0, 0.05) is 137 Å². The normalized spacial score (nSPS) is 12.1. The van der Waals surface area contributed by atoms with Crippen LogP contribution in [0.4, 0.5) is 0 Å². The number of fused-ring (bicyclic) bond motifs is 4. The number of nitrogens with zero attached hydrogens (tertiary/aromatic N) is 6. The first-order valence-corrected chi connectivity index (χ1v) is 59.3. The van der Waals surface area contributed by atoms with Gasteiger partial charge in [-0.05, 0) is 115 Å². The third-order valence-corrected chi connectivity index (χ3v) is 32.4. The SMILES string of the molecule is CC(C)Cc1cc(-c2[c-]ccc3ccccc23)ncc1[Si](C)(C)C.CC(C)c1nc(-c2[c-]ccc3ccccc23)ccc1[Si](C)(C)C.C[Si](C)(C)c1cnc(-c2[c-]ccc3ccccc23)cc1-c1ccccc1.C[Si](C)(C)c1cnc(-c2[c-]ccc3ccccc23)cc1C1CCCC1.Cc1cc(-c2[c-]cc(C#N)cc2)ncc1[Si](C)(C)C.[Ir].[Ir].[Ir].[Ir].[Ir]. The minimum absolute atomic E-state index is 0. The Balaban J connectivity index is 0.000000208. The third-order valence-electron chi connectivity index (χ3n) is 22.1. The first-order valence-electron chi connectivity index (χ1n) is 41.8. The number of nitriles is 1. The molecule has 0 bridgehead atoms. The average Bonchev–Trinajstić information content (AvgIpc) is 1.08. The molecule has 16 rings (SSSR count). The van der Waals surface area contributed by atoms with Gasteiger partial charge in [-0.3, -0.25) is 0 Å². The number of aryl methyl sites for hydroxylation is 1. The van der Waals surface area contributed by atoms with Gasteiger partial charge in [0.15, 0.2) is 0 Å². The molecule has 0 aliphatic heterocycles. The van der Waals surface area contributed by atoms with Gasteiger partial charge in [-0.25, -0.2) is 5.26 Å². The van der Waals surface area contributed by atoms with Crippen LogP contribution in [-0.4, -0.2) is 65.3 Å². The Bertz CT molecular complexity index is 6010. The van der Waals surface area contributed by atoms with E-state index in [1.807, 2.05) is 36.5 Å². The van der Waals surface area contributed by atoms with Crippen molar-refractivity contribution in [2.45, 2.75) is 177 Å². The molecule has 16 heteroatoms. The number of rotatable bonds is 15. The molecule has 1 fully saturated rings. The molecule has 639 valence electrons. The van der Waals surface area contributed by atoms with E-state index in [2.05, 4.69) is 381 Å². The Kier molecular flexibility index (Phi) is 37.4. The average molecular weight is 2570 g/mol. The molecule has 5 heterocycles. The van der Waals surface area contributed by atoms with Crippen molar-refractivity contribution in [1.82, 2.24) is 24.9 Å². The molecule has 1 saturated carbocycles. The molecule has 0 saturated heterocycles. The minimum atomic E-state index is -1.51. The Morgan fingerprint density at radius 1 is 0.385 bits per heavy atom. The van der Waals surface area contributed by atoms with Crippen LogP contribution in [0.15, 0.2) is 255 Å². The maximum absolute atomic E-state index is 8.79. The van der Waals surface area contributed by atoms with Crippen molar-refractivity contribution in [2.75, 3.05) is 0 Å². The third kappa shape index (κ3) is 25.6. The Morgan fingerprint density at radius 2 is 0.779 bits per heavy atom. The van der Waals surface area contributed by atoms with Gasteiger partial charge in [-0.15, -0.1) is 146 Å². The zero-order chi connectivity index (χ0) is 83.6. The summed E-state index contributed by atoms with van der Waals surface area (Å²) in [5, 5.41) is 25.9. The molecule has 6 nitrogen and oxygen atoms in total. The van der Waals surface area contributed by atoms with E-state index in [4.69, 9.17) is 25.2 Å². The summed E-state index contributed by atoms with van der Waals surface area (Å²) in [5.74, 6) is 1.80. The molecule has 10 aromatic carbocycles. The van der Waals surface area contributed by atoms with E-state index >= 15 is 0 Å². The topological polar surface area (TPSA) is 88.2 Å². The van der Waals surface area contributed by atoms with Crippen LogP contribution < -0.4 is 25.9 Å². The number of hydrogen-bond donors (Lipinski definition) is 0. The van der Waals surface area contributed by atoms with Crippen LogP contribution in [0, 0.1) is 54.5 Å². The van der Waals surface area contributed by atoms with Crippen LogP contribution in [0.2, 0.25) is 98.2 Å². The van der Waals surface area contributed by atoms with E-state index in [9.17, 15) is 0 Å². The fourth-order valence-corrected chi connectivity index (χ4v) is 24.2. The van der Waals surface area contributed by atoms with Crippen molar-refractivity contribution >= 4 is 109 Å². The Morgan fingerprint density at radius 3 is 1.19 bits per heavy atom. The van der Waals surface area contributed by atoms with Gasteiger partial charge in [0.1, 0.15) is 0 Å².